The van der Waals surface area contributed by atoms with Crippen LogP contribution in [0.15, 0.2) is 66.4 Å². The molecule has 0 saturated carbocycles. The third kappa shape index (κ3) is 4.17. The minimum atomic E-state index is -1.10. The molecule has 6 nitrogen and oxygen atoms in total. The maximum Gasteiger partial charge on any atom is 0.318 e. The molecule has 4 rings (SSSR count). The summed E-state index contributed by atoms with van der Waals surface area (Å²) in [5.41, 5.74) is 2.79. The SMILES string of the molecule is CCOC(=O)[C@]12CCCC=C1N(Cc1ccc(-c3ccccc3)cc1)C(=O)[C@@H]2CC(=O)NC. The Hall–Kier alpha value is -3.41. The Morgan fingerprint density at radius 1 is 1.09 bits per heavy atom. The zero-order chi connectivity index (χ0) is 23.4. The number of amides is 2. The summed E-state index contributed by atoms with van der Waals surface area (Å²) in [7, 11) is 1.54. The first-order chi connectivity index (χ1) is 16.0. The van der Waals surface area contributed by atoms with E-state index in [-0.39, 0.29) is 24.8 Å². The lowest BCUT2D eigenvalue weighted by molar-refractivity contribution is -0.158. The molecule has 0 unspecified atom stereocenters. The van der Waals surface area contributed by atoms with E-state index in [2.05, 4.69) is 17.4 Å². The normalized spacial score (nSPS) is 21.9. The molecule has 1 aliphatic heterocycles. The monoisotopic (exact) mass is 446 g/mol. The van der Waals surface area contributed by atoms with Gasteiger partial charge in [-0.3, -0.25) is 14.4 Å². The van der Waals surface area contributed by atoms with Crippen LogP contribution in [-0.4, -0.2) is 36.3 Å². The molecule has 0 bridgehead atoms. The maximum atomic E-state index is 13.6. The number of ether oxygens (including phenoxy) is 1. The van der Waals surface area contributed by atoms with Crippen LogP contribution in [0.25, 0.3) is 11.1 Å². The fourth-order valence-corrected chi connectivity index (χ4v) is 5.09. The Morgan fingerprint density at radius 3 is 2.45 bits per heavy atom. The highest BCUT2D eigenvalue weighted by molar-refractivity contribution is 5.99. The van der Waals surface area contributed by atoms with Crippen molar-refractivity contribution in [3.8, 4) is 11.1 Å². The quantitative estimate of drug-likeness (QED) is 0.651. The molecule has 2 atom stereocenters. The standard InChI is InChI=1S/C27H30N2O4/c1-3-33-26(32)27-16-8-7-11-23(27)29(25(31)22(27)17-24(30)28-2)18-19-12-14-21(15-13-19)20-9-5-4-6-10-20/h4-6,9-15,22H,3,7-8,16-18H2,1-2H3,(H,28,30)/t22-,27-/m0/s1. The predicted molar refractivity (Wildman–Crippen MR) is 126 cm³/mol. The van der Waals surface area contributed by atoms with Crippen molar-refractivity contribution in [1.82, 2.24) is 10.2 Å². The summed E-state index contributed by atoms with van der Waals surface area (Å²) < 4.78 is 5.45. The second-order valence-corrected chi connectivity index (χ2v) is 8.59. The van der Waals surface area contributed by atoms with E-state index in [4.69, 9.17) is 4.74 Å². The van der Waals surface area contributed by atoms with Gasteiger partial charge in [0.05, 0.1) is 19.1 Å². The summed E-state index contributed by atoms with van der Waals surface area (Å²) in [5.74, 6) is -1.60. The van der Waals surface area contributed by atoms with Crippen molar-refractivity contribution in [2.75, 3.05) is 13.7 Å². The summed E-state index contributed by atoms with van der Waals surface area (Å²) in [4.78, 5) is 40.9. The first-order valence-electron chi connectivity index (χ1n) is 11.6. The number of nitrogens with one attached hydrogen (secondary N) is 1. The van der Waals surface area contributed by atoms with Crippen molar-refractivity contribution in [2.24, 2.45) is 11.3 Å². The van der Waals surface area contributed by atoms with Crippen molar-refractivity contribution >= 4 is 17.8 Å². The molecule has 0 aromatic heterocycles. The largest absolute Gasteiger partial charge is 0.465 e. The van der Waals surface area contributed by atoms with E-state index in [1.807, 2.05) is 48.5 Å². The first-order valence-corrected chi connectivity index (χ1v) is 11.6. The third-order valence-corrected chi connectivity index (χ3v) is 6.73. The highest BCUT2D eigenvalue weighted by Crippen LogP contribution is 2.54. The number of rotatable bonds is 7. The lowest BCUT2D eigenvalue weighted by Crippen LogP contribution is -2.42. The Kier molecular flexibility index (Phi) is 6.63. The predicted octanol–water partition coefficient (Wildman–Crippen LogP) is 4.07. The van der Waals surface area contributed by atoms with Gasteiger partial charge in [0.25, 0.3) is 0 Å². The van der Waals surface area contributed by atoms with E-state index in [1.54, 1.807) is 18.9 Å². The molecule has 6 heteroatoms. The van der Waals surface area contributed by atoms with E-state index in [9.17, 15) is 14.4 Å². The maximum absolute atomic E-state index is 13.6. The van der Waals surface area contributed by atoms with Crippen molar-refractivity contribution < 1.29 is 19.1 Å². The van der Waals surface area contributed by atoms with Crippen LogP contribution in [0.5, 0.6) is 0 Å². The Morgan fingerprint density at radius 2 is 1.79 bits per heavy atom. The molecule has 1 heterocycles. The number of hydrogen-bond acceptors (Lipinski definition) is 4. The molecule has 0 radical (unpaired) electrons. The number of nitrogens with zero attached hydrogens (tertiary/aromatic N) is 1. The van der Waals surface area contributed by atoms with Gasteiger partial charge in [0.2, 0.25) is 11.8 Å². The number of carbonyl (C=O) groups is 3. The number of benzene rings is 2. The van der Waals surface area contributed by atoms with Crippen molar-refractivity contribution in [2.45, 2.75) is 39.2 Å². The smallest absolute Gasteiger partial charge is 0.318 e. The number of likely N-dealkylation sites (tertiary alicyclic amines) is 1. The second-order valence-electron chi connectivity index (χ2n) is 8.59. The van der Waals surface area contributed by atoms with E-state index < -0.39 is 17.3 Å². The Labute approximate surface area is 194 Å². The van der Waals surface area contributed by atoms with Crippen LogP contribution in [0.4, 0.5) is 0 Å². The molecule has 33 heavy (non-hydrogen) atoms. The molecule has 1 N–H and O–H groups in total. The molecule has 1 fully saturated rings. The molecule has 2 aromatic carbocycles. The molecular weight excluding hydrogens is 416 g/mol. The van der Waals surface area contributed by atoms with Crippen LogP contribution in [0.3, 0.4) is 0 Å². The van der Waals surface area contributed by atoms with Gasteiger partial charge in [0, 0.05) is 19.2 Å². The summed E-state index contributed by atoms with van der Waals surface area (Å²) in [5, 5.41) is 2.60. The van der Waals surface area contributed by atoms with E-state index in [0.717, 1.165) is 29.5 Å². The number of hydrogen-bond donors (Lipinski definition) is 1. The molecule has 172 valence electrons. The van der Waals surface area contributed by atoms with Gasteiger partial charge in [-0.15, -0.1) is 0 Å². The van der Waals surface area contributed by atoms with Crippen LogP contribution < -0.4 is 5.32 Å². The number of fused-ring (bicyclic) bond motifs is 1. The van der Waals surface area contributed by atoms with Gasteiger partial charge in [0.1, 0.15) is 5.41 Å². The van der Waals surface area contributed by atoms with Crippen LogP contribution >= 0.6 is 0 Å². The van der Waals surface area contributed by atoms with Gasteiger partial charge in [-0.05, 0) is 42.9 Å². The number of carbonyl (C=O) groups excluding carboxylic acids is 3. The zero-order valence-electron chi connectivity index (χ0n) is 19.2. The minimum Gasteiger partial charge on any atom is -0.465 e. The van der Waals surface area contributed by atoms with Gasteiger partial charge >= 0.3 is 5.97 Å². The van der Waals surface area contributed by atoms with Gasteiger partial charge in [0.15, 0.2) is 0 Å². The van der Waals surface area contributed by atoms with Gasteiger partial charge < -0.3 is 15.0 Å². The second kappa shape index (κ2) is 9.61. The molecule has 2 aromatic rings. The average molecular weight is 447 g/mol. The minimum absolute atomic E-state index is 0.0328. The summed E-state index contributed by atoms with van der Waals surface area (Å²) in [6, 6.07) is 18.2. The topological polar surface area (TPSA) is 75.7 Å². The Bertz CT molecular complexity index is 1060. The van der Waals surface area contributed by atoms with Crippen LogP contribution in [0, 0.1) is 11.3 Å². The third-order valence-electron chi connectivity index (χ3n) is 6.73. The zero-order valence-corrected chi connectivity index (χ0v) is 19.2. The van der Waals surface area contributed by atoms with Crippen molar-refractivity contribution in [3.05, 3.63) is 71.9 Å². The lowest BCUT2D eigenvalue weighted by atomic mass is 9.68. The fraction of sp³-hybridized carbons (Fsp3) is 0.370. The van der Waals surface area contributed by atoms with Crippen LogP contribution in [0.1, 0.15) is 38.2 Å². The van der Waals surface area contributed by atoms with Crippen molar-refractivity contribution in [3.63, 3.8) is 0 Å². The molecule has 2 amide bonds. The molecular formula is C27H30N2O4. The number of esters is 1. The highest BCUT2D eigenvalue weighted by Gasteiger charge is 2.62. The summed E-state index contributed by atoms with van der Waals surface area (Å²) in [6.45, 7) is 2.35. The first kappa shape index (κ1) is 22.8. The van der Waals surface area contributed by atoms with Crippen LogP contribution in [-0.2, 0) is 25.7 Å². The molecule has 1 saturated heterocycles. The molecule has 1 aliphatic carbocycles. The van der Waals surface area contributed by atoms with Crippen LogP contribution in [0.2, 0.25) is 0 Å². The van der Waals surface area contributed by atoms with E-state index in [0.29, 0.717) is 18.7 Å². The Balaban J connectivity index is 1.66. The lowest BCUT2D eigenvalue weighted by Gasteiger charge is -2.35. The summed E-state index contributed by atoms with van der Waals surface area (Å²) in [6.07, 6.45) is 4.03. The average Bonchev–Trinajstić information content (AvgIpc) is 3.08. The fourth-order valence-electron chi connectivity index (χ4n) is 5.09. The molecule has 0 spiro atoms. The van der Waals surface area contributed by atoms with Gasteiger partial charge in [-0.25, -0.2) is 0 Å². The van der Waals surface area contributed by atoms with Gasteiger partial charge in [-0.2, -0.15) is 0 Å². The van der Waals surface area contributed by atoms with Crippen molar-refractivity contribution in [1.29, 1.82) is 0 Å². The van der Waals surface area contributed by atoms with E-state index in [1.165, 1.54) is 0 Å². The van der Waals surface area contributed by atoms with E-state index >= 15 is 0 Å². The number of allylic oxidation sites excluding steroid dienone is 1. The highest BCUT2D eigenvalue weighted by atomic mass is 16.5. The summed E-state index contributed by atoms with van der Waals surface area (Å²) >= 11 is 0. The van der Waals surface area contributed by atoms with Gasteiger partial charge in [-0.1, -0.05) is 60.7 Å². The molecule has 2 aliphatic rings.